The van der Waals surface area contributed by atoms with Gasteiger partial charge in [-0.25, -0.2) is 4.79 Å². The lowest BCUT2D eigenvalue weighted by molar-refractivity contribution is -0.133. The second-order valence-corrected chi connectivity index (χ2v) is 9.53. The van der Waals surface area contributed by atoms with Crippen LogP contribution in [0.4, 0.5) is 4.79 Å². The molecule has 2 unspecified atom stereocenters. The second-order valence-electron chi connectivity index (χ2n) is 8.62. The molecule has 8 heteroatoms. The smallest absolute Gasteiger partial charge is 0.328 e. The van der Waals surface area contributed by atoms with Gasteiger partial charge in [-0.15, -0.1) is 0 Å². The number of hydrogen-bond acceptors (Lipinski definition) is 4. The maximum absolute atomic E-state index is 13.6. The van der Waals surface area contributed by atoms with E-state index in [1.165, 1.54) is 4.90 Å². The van der Waals surface area contributed by atoms with Gasteiger partial charge in [-0.2, -0.15) is 0 Å². The highest BCUT2D eigenvalue weighted by Gasteiger charge is 2.60. The number of H-pyrrole nitrogens is 1. The van der Waals surface area contributed by atoms with Crippen molar-refractivity contribution in [1.29, 1.82) is 0 Å². The molecule has 7 nitrogen and oxygen atoms in total. The molecule has 3 heterocycles. The van der Waals surface area contributed by atoms with Crippen molar-refractivity contribution in [2.75, 3.05) is 19.6 Å². The van der Waals surface area contributed by atoms with Gasteiger partial charge >= 0.3 is 6.03 Å². The highest BCUT2D eigenvalue weighted by atomic mass is 79.9. The van der Waals surface area contributed by atoms with E-state index in [0.29, 0.717) is 19.5 Å². The quantitative estimate of drug-likeness (QED) is 0.369. The number of likely N-dealkylation sites (N-methyl/N-ethyl adjacent to an activating group) is 1. The van der Waals surface area contributed by atoms with Gasteiger partial charge in [0.25, 0.3) is 5.91 Å². The molecule has 2 aromatic carbocycles. The van der Waals surface area contributed by atoms with Crippen LogP contribution in [-0.4, -0.2) is 57.0 Å². The first-order valence-corrected chi connectivity index (χ1v) is 11.6. The van der Waals surface area contributed by atoms with E-state index in [0.717, 1.165) is 38.7 Å². The van der Waals surface area contributed by atoms with E-state index >= 15 is 0 Å². The first-order chi connectivity index (χ1) is 15.3. The molecule has 0 spiro atoms. The Morgan fingerprint density at radius 2 is 2.06 bits per heavy atom. The summed E-state index contributed by atoms with van der Waals surface area (Å²) in [5.41, 5.74) is 2.62. The lowest BCUT2D eigenvalue weighted by Gasteiger charge is -2.42. The van der Waals surface area contributed by atoms with Crippen molar-refractivity contribution in [3.05, 3.63) is 63.8 Å². The van der Waals surface area contributed by atoms with Crippen LogP contribution in [0.2, 0.25) is 0 Å². The first-order valence-electron chi connectivity index (χ1n) is 10.8. The van der Waals surface area contributed by atoms with Crippen LogP contribution in [0.5, 0.6) is 5.75 Å². The summed E-state index contributed by atoms with van der Waals surface area (Å²) in [4.78, 5) is 33.8. The number of phenols is 1. The highest BCUT2D eigenvalue weighted by Crippen LogP contribution is 2.49. The Balaban J connectivity index is 1.70. The molecule has 2 aliphatic rings. The van der Waals surface area contributed by atoms with Crippen LogP contribution >= 0.6 is 15.9 Å². The minimum absolute atomic E-state index is 0.122. The molecular weight excluding hydrogens is 472 g/mol. The third-order valence-electron chi connectivity index (χ3n) is 6.58. The summed E-state index contributed by atoms with van der Waals surface area (Å²) >= 11 is 3.56. The van der Waals surface area contributed by atoms with Crippen LogP contribution in [-0.2, 0) is 11.2 Å². The molecular formula is C24H25BrN4O3. The molecule has 3 N–H and O–H groups in total. The predicted octanol–water partition coefficient (Wildman–Crippen LogP) is 3.91. The molecule has 0 bridgehead atoms. The number of rotatable bonds is 5. The van der Waals surface area contributed by atoms with Crippen molar-refractivity contribution in [2.24, 2.45) is 0 Å². The second kappa shape index (κ2) is 7.64. The van der Waals surface area contributed by atoms with Gasteiger partial charge < -0.3 is 15.4 Å². The molecule has 32 heavy (non-hydrogen) atoms. The van der Waals surface area contributed by atoms with Gasteiger partial charge in [-0.05, 0) is 54.9 Å². The number of carbonyl (C=O) groups is 2. The average Bonchev–Trinajstić information content (AvgIpc) is 3.20. The van der Waals surface area contributed by atoms with Crippen LogP contribution in [0, 0.1) is 0 Å². The Morgan fingerprint density at radius 1 is 1.25 bits per heavy atom. The number of hydrogen-bond donors (Lipinski definition) is 3. The number of aromatic nitrogens is 1. The molecule has 2 aliphatic heterocycles. The normalized spacial score (nSPS) is 22.5. The molecule has 0 aliphatic carbocycles. The molecule has 3 amide bonds. The van der Waals surface area contributed by atoms with Crippen molar-refractivity contribution < 1.29 is 14.7 Å². The summed E-state index contributed by atoms with van der Waals surface area (Å²) in [5, 5.41) is 14.4. The minimum atomic E-state index is -1.01. The maximum Gasteiger partial charge on any atom is 0.328 e. The summed E-state index contributed by atoms with van der Waals surface area (Å²) in [7, 11) is 0. The van der Waals surface area contributed by atoms with E-state index in [1.54, 1.807) is 23.1 Å². The number of benzene rings is 2. The molecule has 1 saturated heterocycles. The van der Waals surface area contributed by atoms with Crippen LogP contribution in [0.15, 0.2) is 46.9 Å². The monoisotopic (exact) mass is 496 g/mol. The number of aromatic amines is 1. The van der Waals surface area contributed by atoms with Crippen LogP contribution in [0.25, 0.3) is 10.9 Å². The van der Waals surface area contributed by atoms with Crippen molar-refractivity contribution >= 4 is 38.8 Å². The molecule has 5 rings (SSSR count). The lowest BCUT2D eigenvalue weighted by atomic mass is 9.81. The number of phenolic OH excluding ortho intramolecular Hbond substituents is 1. The summed E-state index contributed by atoms with van der Waals surface area (Å²) in [6.07, 6.45) is 0.427. The van der Waals surface area contributed by atoms with E-state index in [2.05, 4.69) is 26.2 Å². The van der Waals surface area contributed by atoms with Crippen LogP contribution in [0.1, 0.15) is 36.7 Å². The molecule has 0 radical (unpaired) electrons. The molecule has 3 aromatic rings. The Bertz CT molecular complexity index is 1240. The zero-order valence-corrected chi connectivity index (χ0v) is 19.6. The number of urea groups is 1. The number of halogens is 1. The van der Waals surface area contributed by atoms with Gasteiger partial charge in [0.2, 0.25) is 0 Å². The SMILES string of the molecule is CCNCCN1C(=O)N2C(c3cccc(O)c3)c3[nH]c4ccc(Br)cc4c3CC2(C)C1=O. The summed E-state index contributed by atoms with van der Waals surface area (Å²) in [6.45, 7) is 5.50. The first kappa shape index (κ1) is 21.0. The Morgan fingerprint density at radius 3 is 2.81 bits per heavy atom. The fourth-order valence-electron chi connectivity index (χ4n) is 5.09. The maximum atomic E-state index is 13.6. The molecule has 2 atom stereocenters. The number of nitrogens with one attached hydrogen (secondary N) is 2. The standard InChI is InChI=1S/C24H25BrN4O3/c1-3-26-9-10-28-22(31)24(2)13-18-17-12-15(25)7-8-19(17)27-20(18)21(29(24)23(28)32)14-5-4-6-16(30)11-14/h4-8,11-12,21,26-27,30H,3,9-10,13H2,1-2H3. The molecule has 1 fully saturated rings. The number of imide groups is 1. The predicted molar refractivity (Wildman–Crippen MR) is 126 cm³/mol. The van der Waals surface area contributed by atoms with Gasteiger partial charge in [0.05, 0.1) is 0 Å². The fourth-order valence-corrected chi connectivity index (χ4v) is 5.45. The van der Waals surface area contributed by atoms with E-state index < -0.39 is 11.6 Å². The zero-order valence-electron chi connectivity index (χ0n) is 18.0. The third kappa shape index (κ3) is 3.04. The van der Waals surface area contributed by atoms with Gasteiger partial charge in [0.1, 0.15) is 17.3 Å². The average molecular weight is 497 g/mol. The van der Waals surface area contributed by atoms with E-state index in [1.807, 2.05) is 38.1 Å². The lowest BCUT2D eigenvalue weighted by Crippen LogP contribution is -2.53. The number of carbonyl (C=O) groups excluding carboxylic acids is 2. The number of fused-ring (bicyclic) bond motifs is 4. The summed E-state index contributed by atoms with van der Waals surface area (Å²) < 4.78 is 0.953. The molecule has 0 saturated carbocycles. The van der Waals surface area contributed by atoms with Gasteiger partial charge in [-0.3, -0.25) is 14.6 Å². The molecule has 1 aromatic heterocycles. The summed E-state index contributed by atoms with van der Waals surface area (Å²) in [6, 6.07) is 12.1. The van der Waals surface area contributed by atoms with Crippen molar-refractivity contribution in [3.8, 4) is 5.75 Å². The highest BCUT2D eigenvalue weighted by molar-refractivity contribution is 9.10. The van der Waals surface area contributed by atoms with Crippen molar-refractivity contribution in [3.63, 3.8) is 0 Å². The zero-order chi connectivity index (χ0) is 22.6. The fraction of sp³-hybridized carbons (Fsp3) is 0.333. The Kier molecular flexibility index (Phi) is 5.02. The van der Waals surface area contributed by atoms with Gasteiger partial charge in [0, 0.05) is 40.6 Å². The minimum Gasteiger partial charge on any atom is -0.508 e. The van der Waals surface area contributed by atoms with Crippen LogP contribution < -0.4 is 5.32 Å². The largest absolute Gasteiger partial charge is 0.508 e. The summed E-state index contributed by atoms with van der Waals surface area (Å²) in [5.74, 6) is -0.0577. The Hall–Kier alpha value is -2.84. The third-order valence-corrected chi connectivity index (χ3v) is 7.07. The van der Waals surface area contributed by atoms with E-state index in [-0.39, 0.29) is 17.7 Å². The number of aromatic hydroxyl groups is 1. The topological polar surface area (TPSA) is 88.7 Å². The van der Waals surface area contributed by atoms with E-state index in [4.69, 9.17) is 0 Å². The number of amides is 3. The van der Waals surface area contributed by atoms with Gasteiger partial charge in [-0.1, -0.05) is 35.0 Å². The van der Waals surface area contributed by atoms with E-state index in [9.17, 15) is 14.7 Å². The van der Waals surface area contributed by atoms with Gasteiger partial charge in [0.15, 0.2) is 0 Å². The van der Waals surface area contributed by atoms with Crippen LogP contribution in [0.3, 0.4) is 0 Å². The Labute approximate surface area is 194 Å². The van der Waals surface area contributed by atoms with Crippen molar-refractivity contribution in [1.82, 2.24) is 20.1 Å². The van der Waals surface area contributed by atoms with Crippen molar-refractivity contribution in [2.45, 2.75) is 31.8 Å². The molecule has 166 valence electrons. The number of nitrogens with zero attached hydrogens (tertiary/aromatic N) is 2.